The number of aromatic nitrogens is 3. The molecular formula is C28H21FN4OS. The van der Waals surface area contributed by atoms with E-state index in [9.17, 15) is 9.18 Å². The van der Waals surface area contributed by atoms with Gasteiger partial charge in [0.25, 0.3) is 5.91 Å². The lowest BCUT2D eigenvalue weighted by atomic mass is 10.2. The van der Waals surface area contributed by atoms with Gasteiger partial charge in [0.1, 0.15) is 5.82 Å². The van der Waals surface area contributed by atoms with Crippen LogP contribution in [0.1, 0.15) is 27.3 Å². The van der Waals surface area contributed by atoms with E-state index in [-0.39, 0.29) is 11.7 Å². The highest BCUT2D eigenvalue weighted by atomic mass is 32.2. The summed E-state index contributed by atoms with van der Waals surface area (Å²) in [6, 6.07) is 25.4. The molecule has 7 heteroatoms. The minimum atomic E-state index is -0.299. The van der Waals surface area contributed by atoms with Gasteiger partial charge >= 0.3 is 0 Å². The van der Waals surface area contributed by atoms with E-state index in [0.717, 1.165) is 37.6 Å². The summed E-state index contributed by atoms with van der Waals surface area (Å²) in [5.74, 6) is -0.477. The van der Waals surface area contributed by atoms with Gasteiger partial charge in [0, 0.05) is 27.9 Å². The fraction of sp³-hybridized carbons (Fsp3) is 0.0357. The molecule has 2 aromatic heterocycles. The Kier molecular flexibility index (Phi) is 6.68. The zero-order valence-corrected chi connectivity index (χ0v) is 19.4. The van der Waals surface area contributed by atoms with E-state index in [1.54, 1.807) is 24.4 Å². The van der Waals surface area contributed by atoms with Crippen LogP contribution < -0.4 is 5.32 Å². The van der Waals surface area contributed by atoms with Gasteiger partial charge in [-0.1, -0.05) is 42.1 Å². The molecule has 3 aromatic carbocycles. The maximum atomic E-state index is 13.1. The first kappa shape index (κ1) is 22.6. The van der Waals surface area contributed by atoms with Crippen molar-refractivity contribution < 1.29 is 9.18 Å². The first-order chi connectivity index (χ1) is 17.2. The number of fused-ring (bicyclic) bond motifs is 1. The number of pyridine rings is 1. The molecule has 0 saturated heterocycles. The summed E-state index contributed by atoms with van der Waals surface area (Å²) in [6.45, 7) is 0.326. The zero-order valence-electron chi connectivity index (χ0n) is 18.6. The molecule has 35 heavy (non-hydrogen) atoms. The number of carbonyl (C=O) groups excluding carboxylic acids is 1. The van der Waals surface area contributed by atoms with Crippen LogP contribution in [0.25, 0.3) is 23.1 Å². The van der Waals surface area contributed by atoms with Gasteiger partial charge in [-0.3, -0.25) is 14.9 Å². The molecule has 0 aliphatic rings. The van der Waals surface area contributed by atoms with Crippen LogP contribution in [0.15, 0.2) is 101 Å². The normalized spacial score (nSPS) is 11.2. The quantitative estimate of drug-likeness (QED) is 0.285. The Hall–Kier alpha value is -4.23. The third-order valence-electron chi connectivity index (χ3n) is 5.39. The van der Waals surface area contributed by atoms with Gasteiger partial charge in [-0.25, -0.2) is 4.39 Å². The molecule has 2 heterocycles. The number of rotatable bonds is 7. The van der Waals surface area contributed by atoms with Gasteiger partial charge < -0.3 is 5.32 Å². The van der Waals surface area contributed by atoms with Crippen molar-refractivity contribution in [2.24, 2.45) is 0 Å². The predicted octanol–water partition coefficient (Wildman–Crippen LogP) is 6.35. The first-order valence-electron chi connectivity index (χ1n) is 11.0. The SMILES string of the molecule is O=C(NCc1ccc(F)cc1)c1ccccc1Sc1ccc2c(/C=C/c3ccccn3)n[nH]c2c1. The summed E-state index contributed by atoms with van der Waals surface area (Å²) >= 11 is 1.51. The molecule has 0 fully saturated rings. The van der Waals surface area contributed by atoms with Crippen LogP contribution in [-0.2, 0) is 6.54 Å². The van der Waals surface area contributed by atoms with Crippen LogP contribution >= 0.6 is 11.8 Å². The number of halogens is 1. The van der Waals surface area contributed by atoms with Gasteiger partial charge in [0.2, 0.25) is 0 Å². The molecule has 0 aliphatic heterocycles. The van der Waals surface area contributed by atoms with E-state index in [1.807, 2.05) is 66.7 Å². The van der Waals surface area contributed by atoms with Crippen LogP contribution in [0.3, 0.4) is 0 Å². The number of nitrogens with zero attached hydrogens (tertiary/aromatic N) is 2. The molecule has 0 atom stereocenters. The minimum Gasteiger partial charge on any atom is -0.348 e. The maximum absolute atomic E-state index is 13.1. The van der Waals surface area contributed by atoms with Crippen LogP contribution in [0, 0.1) is 5.82 Å². The van der Waals surface area contributed by atoms with Gasteiger partial charge in [0.15, 0.2) is 0 Å². The number of aromatic amines is 1. The summed E-state index contributed by atoms with van der Waals surface area (Å²) in [4.78, 5) is 19.0. The van der Waals surface area contributed by atoms with Crippen molar-refractivity contribution in [2.45, 2.75) is 16.3 Å². The van der Waals surface area contributed by atoms with E-state index in [1.165, 1.54) is 23.9 Å². The lowest BCUT2D eigenvalue weighted by Crippen LogP contribution is -2.23. The highest BCUT2D eigenvalue weighted by Crippen LogP contribution is 2.33. The van der Waals surface area contributed by atoms with Crippen molar-refractivity contribution in [1.82, 2.24) is 20.5 Å². The maximum Gasteiger partial charge on any atom is 0.252 e. The number of carbonyl (C=O) groups is 1. The number of H-pyrrole nitrogens is 1. The van der Waals surface area contributed by atoms with E-state index in [2.05, 4.69) is 20.5 Å². The Morgan fingerprint density at radius 1 is 0.971 bits per heavy atom. The molecule has 0 bridgehead atoms. The summed E-state index contributed by atoms with van der Waals surface area (Å²) < 4.78 is 13.1. The molecule has 2 N–H and O–H groups in total. The van der Waals surface area contributed by atoms with Crippen molar-refractivity contribution in [3.63, 3.8) is 0 Å². The molecule has 0 aliphatic carbocycles. The van der Waals surface area contributed by atoms with Crippen molar-refractivity contribution in [1.29, 1.82) is 0 Å². The summed E-state index contributed by atoms with van der Waals surface area (Å²) in [7, 11) is 0. The number of benzene rings is 3. The van der Waals surface area contributed by atoms with Crippen molar-refractivity contribution in [3.05, 3.63) is 119 Å². The van der Waals surface area contributed by atoms with Crippen LogP contribution in [0.2, 0.25) is 0 Å². The van der Waals surface area contributed by atoms with Gasteiger partial charge in [-0.15, -0.1) is 0 Å². The van der Waals surface area contributed by atoms with Gasteiger partial charge in [0.05, 0.1) is 22.5 Å². The molecule has 5 aromatic rings. The average molecular weight is 481 g/mol. The highest BCUT2D eigenvalue weighted by molar-refractivity contribution is 7.99. The molecule has 0 saturated carbocycles. The second-order valence-corrected chi connectivity index (χ2v) is 8.93. The smallest absolute Gasteiger partial charge is 0.252 e. The fourth-order valence-corrected chi connectivity index (χ4v) is 4.58. The third-order valence-corrected chi connectivity index (χ3v) is 6.45. The Bertz CT molecular complexity index is 1500. The molecule has 1 amide bonds. The predicted molar refractivity (Wildman–Crippen MR) is 137 cm³/mol. The largest absolute Gasteiger partial charge is 0.348 e. The minimum absolute atomic E-state index is 0.179. The van der Waals surface area contributed by atoms with Crippen molar-refractivity contribution >= 4 is 40.7 Å². The highest BCUT2D eigenvalue weighted by Gasteiger charge is 2.13. The Morgan fingerprint density at radius 2 is 1.80 bits per heavy atom. The lowest BCUT2D eigenvalue weighted by Gasteiger charge is -2.10. The number of amides is 1. The van der Waals surface area contributed by atoms with E-state index < -0.39 is 0 Å². The van der Waals surface area contributed by atoms with Crippen LogP contribution in [0.5, 0.6) is 0 Å². The average Bonchev–Trinajstić information content (AvgIpc) is 3.30. The molecule has 0 unspecified atom stereocenters. The van der Waals surface area contributed by atoms with Crippen molar-refractivity contribution in [2.75, 3.05) is 0 Å². The molecular weight excluding hydrogens is 459 g/mol. The number of nitrogens with one attached hydrogen (secondary N) is 2. The van der Waals surface area contributed by atoms with Crippen molar-refractivity contribution in [3.8, 4) is 0 Å². The zero-order chi connectivity index (χ0) is 24.0. The Morgan fingerprint density at radius 3 is 2.63 bits per heavy atom. The van der Waals surface area contributed by atoms with E-state index in [4.69, 9.17) is 0 Å². The van der Waals surface area contributed by atoms with Gasteiger partial charge in [-0.2, -0.15) is 5.10 Å². The monoisotopic (exact) mass is 480 g/mol. The number of hydrogen-bond donors (Lipinski definition) is 2. The standard InChI is InChI=1S/C28H21FN4OS/c29-20-10-8-19(9-11-20)18-31-28(34)24-6-1-2-7-27(24)35-22-13-14-23-25(32-33-26(23)17-22)15-12-21-5-3-4-16-30-21/h1-17H,18H2,(H,31,34)(H,32,33)/b15-12+. The van der Waals surface area contributed by atoms with E-state index in [0.29, 0.717) is 12.1 Å². The molecule has 0 spiro atoms. The summed E-state index contributed by atoms with van der Waals surface area (Å²) in [5.41, 5.74) is 4.03. The first-order valence-corrected chi connectivity index (χ1v) is 11.8. The fourth-order valence-electron chi connectivity index (χ4n) is 3.60. The van der Waals surface area contributed by atoms with E-state index >= 15 is 0 Å². The number of hydrogen-bond acceptors (Lipinski definition) is 4. The topological polar surface area (TPSA) is 70.7 Å². The molecule has 5 rings (SSSR count). The second kappa shape index (κ2) is 10.4. The van der Waals surface area contributed by atoms with Gasteiger partial charge in [-0.05, 0) is 72.3 Å². The van der Waals surface area contributed by atoms with Crippen LogP contribution in [-0.4, -0.2) is 21.1 Å². The lowest BCUT2D eigenvalue weighted by molar-refractivity contribution is 0.0948. The summed E-state index contributed by atoms with van der Waals surface area (Å²) in [6.07, 6.45) is 5.63. The molecule has 172 valence electrons. The molecule has 0 radical (unpaired) electrons. The second-order valence-electron chi connectivity index (χ2n) is 7.81. The Labute approximate surface area is 206 Å². The third kappa shape index (κ3) is 5.47. The van der Waals surface area contributed by atoms with Crippen LogP contribution in [0.4, 0.5) is 4.39 Å². The molecule has 5 nitrogen and oxygen atoms in total. The summed E-state index contributed by atoms with van der Waals surface area (Å²) in [5, 5.41) is 11.4. The Balaban J connectivity index is 1.31.